The van der Waals surface area contributed by atoms with E-state index in [0.717, 1.165) is 25.9 Å². The van der Waals surface area contributed by atoms with E-state index < -0.39 is 28.2 Å². The number of piperidine rings is 1. The van der Waals surface area contributed by atoms with Crippen molar-refractivity contribution in [3.05, 3.63) is 53.4 Å². The van der Waals surface area contributed by atoms with Crippen LogP contribution in [0.15, 0.2) is 42.0 Å². The van der Waals surface area contributed by atoms with Crippen LogP contribution in [0.2, 0.25) is 0 Å². The van der Waals surface area contributed by atoms with Crippen molar-refractivity contribution in [1.29, 1.82) is 0 Å². The maximum atomic E-state index is 15.6. The maximum Gasteiger partial charge on any atom is 0.272 e. The largest absolute Gasteiger partial charge is 0.436 e. The molecule has 206 valence electrons. The third-order valence-corrected chi connectivity index (χ3v) is 8.53. The van der Waals surface area contributed by atoms with Crippen LogP contribution in [0, 0.1) is 12.7 Å². The van der Waals surface area contributed by atoms with Crippen LogP contribution < -0.4 is 20.1 Å². The Morgan fingerprint density at radius 3 is 2.79 bits per heavy atom. The van der Waals surface area contributed by atoms with Crippen molar-refractivity contribution in [1.82, 2.24) is 20.3 Å². The van der Waals surface area contributed by atoms with Gasteiger partial charge in [-0.2, -0.15) is 0 Å². The van der Waals surface area contributed by atoms with Gasteiger partial charge in [0.15, 0.2) is 5.82 Å². The topological polar surface area (TPSA) is 101 Å². The number of rotatable bonds is 9. The van der Waals surface area contributed by atoms with Gasteiger partial charge in [-0.15, -0.1) is 11.3 Å². The standard InChI is InChI=1S/C25H26F3N6O2PS2/c1-14-19(26)20(34-39(35)12-25(27,28)37)16-6-2-3-7-17(16)21(14)36-23-22(38-13-31-23)18-8-10-30-24(33-18)32-15-5-4-9-29-11-15/h2-3,6-8,10,13,15,29,34H,4-5,9,11-12,37H2,1H3,(H,30,32,33). The second kappa shape index (κ2) is 11.7. The number of nitrogens with zero attached hydrogens (tertiary/aromatic N) is 3. The summed E-state index contributed by atoms with van der Waals surface area (Å²) in [5.41, 5.74) is -1.07. The second-order valence-corrected chi connectivity index (χ2v) is 12.0. The van der Waals surface area contributed by atoms with Crippen molar-refractivity contribution >= 4 is 54.0 Å². The molecule has 5 rings (SSSR count). The summed E-state index contributed by atoms with van der Waals surface area (Å²) in [6, 6.07) is 8.71. The Bertz CT molecular complexity index is 1510. The van der Waals surface area contributed by atoms with Crippen molar-refractivity contribution in [2.24, 2.45) is 0 Å². The fourth-order valence-electron chi connectivity index (χ4n) is 4.35. The van der Waals surface area contributed by atoms with Gasteiger partial charge >= 0.3 is 0 Å². The Morgan fingerprint density at radius 1 is 1.26 bits per heavy atom. The van der Waals surface area contributed by atoms with Crippen molar-refractivity contribution in [3.8, 4) is 22.2 Å². The molecule has 0 radical (unpaired) electrons. The number of thiazole rings is 1. The van der Waals surface area contributed by atoms with Gasteiger partial charge < -0.3 is 20.1 Å². The van der Waals surface area contributed by atoms with Gasteiger partial charge in [-0.25, -0.2) is 32.3 Å². The van der Waals surface area contributed by atoms with E-state index in [1.807, 2.05) is 0 Å². The van der Waals surface area contributed by atoms with Crippen molar-refractivity contribution in [2.45, 2.75) is 31.5 Å². The molecule has 3 atom stereocenters. The predicted molar refractivity (Wildman–Crippen MR) is 153 cm³/mol. The highest BCUT2D eigenvalue weighted by atomic mass is 32.2. The fraction of sp³-hybridized carbons (Fsp3) is 0.320. The number of halogens is 3. The van der Waals surface area contributed by atoms with Crippen LogP contribution in [-0.4, -0.2) is 49.7 Å². The highest BCUT2D eigenvalue weighted by molar-refractivity contribution is 7.86. The minimum atomic E-state index is -3.26. The molecule has 0 amide bonds. The van der Waals surface area contributed by atoms with Crippen LogP contribution in [0.3, 0.4) is 0 Å². The summed E-state index contributed by atoms with van der Waals surface area (Å²) in [7, 11) is -0.888. The molecule has 8 nitrogen and oxygen atoms in total. The lowest BCUT2D eigenvalue weighted by Gasteiger charge is -2.23. The lowest BCUT2D eigenvalue weighted by atomic mass is 10.0. The summed E-state index contributed by atoms with van der Waals surface area (Å²) in [6.45, 7) is 3.34. The molecule has 1 saturated heterocycles. The number of benzene rings is 2. The molecule has 1 fully saturated rings. The average molecular weight is 595 g/mol. The van der Waals surface area contributed by atoms with Gasteiger partial charge in [-0.3, -0.25) is 0 Å². The number of hydrogen-bond donors (Lipinski definition) is 3. The molecule has 1 aliphatic heterocycles. The number of nitrogens with one attached hydrogen (secondary N) is 3. The molecule has 0 bridgehead atoms. The zero-order chi connectivity index (χ0) is 27.6. The molecule has 0 saturated carbocycles. The summed E-state index contributed by atoms with van der Waals surface area (Å²) in [6.07, 6.45) is 3.75. The fourth-order valence-corrected chi connectivity index (χ4v) is 6.34. The molecular formula is C25H26F3N6O2PS2. The Labute approximate surface area is 232 Å². The van der Waals surface area contributed by atoms with Gasteiger partial charge in [0.25, 0.3) is 5.66 Å². The van der Waals surface area contributed by atoms with Gasteiger partial charge in [0, 0.05) is 35.1 Å². The summed E-state index contributed by atoms with van der Waals surface area (Å²) in [4.78, 5) is 14.0. The third-order valence-electron chi connectivity index (χ3n) is 6.12. The number of fused-ring (bicyclic) bond motifs is 1. The second-order valence-electron chi connectivity index (χ2n) is 9.08. The molecule has 3 N–H and O–H groups in total. The first-order valence-corrected chi connectivity index (χ1v) is 14.9. The molecule has 2 aromatic carbocycles. The highest BCUT2D eigenvalue weighted by Gasteiger charge is 2.27. The van der Waals surface area contributed by atoms with Crippen LogP contribution in [-0.2, 0) is 11.0 Å². The SMILES string of the molecule is Cc1c(F)c(NS(=O)CC(F)(F)P)c2ccccc2c1Oc1ncsc1-c1ccnc(NC2CCCNC2)n1. The monoisotopic (exact) mass is 594 g/mol. The van der Waals surface area contributed by atoms with E-state index in [9.17, 15) is 13.0 Å². The highest BCUT2D eigenvalue weighted by Crippen LogP contribution is 2.43. The molecule has 0 spiro atoms. The quantitative estimate of drug-likeness (QED) is 0.214. The van der Waals surface area contributed by atoms with E-state index in [1.54, 1.807) is 42.0 Å². The van der Waals surface area contributed by atoms with Crippen LogP contribution >= 0.6 is 20.6 Å². The lowest BCUT2D eigenvalue weighted by molar-refractivity contribution is 0.132. The number of anilines is 2. The average Bonchev–Trinajstić information content (AvgIpc) is 3.37. The predicted octanol–water partition coefficient (Wildman–Crippen LogP) is 5.70. The van der Waals surface area contributed by atoms with Gasteiger partial charge in [-0.05, 0) is 32.4 Å². The first-order valence-electron chi connectivity index (χ1n) is 12.1. The Morgan fingerprint density at radius 2 is 2.05 bits per heavy atom. The first-order chi connectivity index (χ1) is 18.7. The molecule has 39 heavy (non-hydrogen) atoms. The summed E-state index contributed by atoms with van der Waals surface area (Å²) >= 11 is 1.32. The number of alkyl halides is 2. The number of aromatic nitrogens is 3. The zero-order valence-electron chi connectivity index (χ0n) is 20.8. The Kier molecular flexibility index (Phi) is 8.32. The first kappa shape index (κ1) is 27.7. The van der Waals surface area contributed by atoms with E-state index in [0.29, 0.717) is 27.3 Å². The van der Waals surface area contributed by atoms with E-state index >= 15 is 4.39 Å². The summed E-state index contributed by atoms with van der Waals surface area (Å²) in [5, 5.41) is 7.55. The van der Waals surface area contributed by atoms with Crippen LogP contribution in [0.4, 0.5) is 24.8 Å². The van der Waals surface area contributed by atoms with Crippen molar-refractivity contribution in [3.63, 3.8) is 0 Å². The van der Waals surface area contributed by atoms with E-state index in [4.69, 9.17) is 4.74 Å². The molecule has 3 unspecified atom stereocenters. The molecule has 14 heteroatoms. The van der Waals surface area contributed by atoms with Gasteiger partial charge in [-0.1, -0.05) is 33.5 Å². The van der Waals surface area contributed by atoms with Crippen LogP contribution in [0.5, 0.6) is 11.6 Å². The van der Waals surface area contributed by atoms with E-state index in [1.165, 1.54) is 27.5 Å². The number of hydrogen-bond acceptors (Lipinski definition) is 8. The molecule has 4 aromatic rings. The van der Waals surface area contributed by atoms with E-state index in [2.05, 4.69) is 30.3 Å². The van der Waals surface area contributed by atoms with Gasteiger partial charge in [0.1, 0.15) is 27.4 Å². The molecule has 0 aliphatic carbocycles. The van der Waals surface area contributed by atoms with Crippen molar-refractivity contribution < 1.29 is 22.1 Å². The Balaban J connectivity index is 1.46. The maximum absolute atomic E-state index is 15.6. The smallest absolute Gasteiger partial charge is 0.272 e. The van der Waals surface area contributed by atoms with Gasteiger partial charge in [0.2, 0.25) is 11.8 Å². The summed E-state index contributed by atoms with van der Waals surface area (Å²) < 4.78 is 63.2. The third kappa shape index (κ3) is 6.49. The molecular weight excluding hydrogens is 568 g/mol. The van der Waals surface area contributed by atoms with E-state index in [-0.39, 0.29) is 28.9 Å². The minimum Gasteiger partial charge on any atom is -0.436 e. The zero-order valence-corrected chi connectivity index (χ0v) is 23.6. The van der Waals surface area contributed by atoms with Crippen molar-refractivity contribution in [2.75, 3.05) is 28.9 Å². The minimum absolute atomic E-state index is 0.111. The molecule has 3 heterocycles. The molecule has 2 aromatic heterocycles. The normalized spacial score (nSPS) is 16.7. The summed E-state index contributed by atoms with van der Waals surface area (Å²) in [5.74, 6) is -0.798. The molecule has 1 aliphatic rings. The Hall–Kier alpha value is -2.86. The van der Waals surface area contributed by atoms with Crippen LogP contribution in [0.1, 0.15) is 18.4 Å². The number of ether oxygens (including phenoxy) is 1. The van der Waals surface area contributed by atoms with Crippen LogP contribution in [0.25, 0.3) is 21.3 Å². The lowest BCUT2D eigenvalue weighted by Crippen LogP contribution is -2.38. The van der Waals surface area contributed by atoms with Gasteiger partial charge in [0.05, 0.1) is 16.9 Å².